The third-order valence-corrected chi connectivity index (χ3v) is 2.05. The van der Waals surface area contributed by atoms with Gasteiger partial charge in [-0.15, -0.1) is 0 Å². The molecule has 1 amide bonds. The van der Waals surface area contributed by atoms with Gasteiger partial charge in [-0.25, -0.2) is 0 Å². The van der Waals surface area contributed by atoms with Crippen LogP contribution in [0.15, 0.2) is 0 Å². The number of nitrogens with two attached hydrogens (primary N) is 1. The zero-order valence-corrected chi connectivity index (χ0v) is 9.21. The van der Waals surface area contributed by atoms with E-state index in [1.807, 2.05) is 18.7 Å². The SMILES string of the molecule is CCN(CC(C)C)C(=O)C(C)CN. The van der Waals surface area contributed by atoms with Gasteiger partial charge < -0.3 is 10.6 Å². The molecule has 0 aromatic carbocycles. The van der Waals surface area contributed by atoms with Gasteiger partial charge >= 0.3 is 0 Å². The summed E-state index contributed by atoms with van der Waals surface area (Å²) in [6.45, 7) is 10.2. The van der Waals surface area contributed by atoms with Crippen molar-refractivity contribution in [1.29, 1.82) is 0 Å². The van der Waals surface area contributed by atoms with E-state index in [1.165, 1.54) is 0 Å². The quantitative estimate of drug-likeness (QED) is 0.698. The highest BCUT2D eigenvalue weighted by atomic mass is 16.2. The van der Waals surface area contributed by atoms with Crippen molar-refractivity contribution in [1.82, 2.24) is 4.90 Å². The number of hydrogen-bond donors (Lipinski definition) is 1. The Hall–Kier alpha value is -0.570. The van der Waals surface area contributed by atoms with E-state index in [9.17, 15) is 4.79 Å². The number of carbonyl (C=O) groups excluding carboxylic acids is 1. The van der Waals surface area contributed by atoms with Crippen molar-refractivity contribution >= 4 is 5.91 Å². The Balaban J connectivity index is 4.14. The molecule has 0 aliphatic carbocycles. The molecule has 13 heavy (non-hydrogen) atoms. The van der Waals surface area contributed by atoms with E-state index in [2.05, 4.69) is 13.8 Å². The number of hydrogen-bond acceptors (Lipinski definition) is 2. The molecular weight excluding hydrogens is 164 g/mol. The van der Waals surface area contributed by atoms with Crippen LogP contribution < -0.4 is 5.73 Å². The average molecular weight is 186 g/mol. The van der Waals surface area contributed by atoms with Gasteiger partial charge in [-0.2, -0.15) is 0 Å². The predicted octanol–water partition coefficient (Wildman–Crippen LogP) is 1.09. The molecular formula is C10H22N2O. The zero-order valence-electron chi connectivity index (χ0n) is 9.21. The molecule has 0 saturated carbocycles. The molecule has 3 heteroatoms. The Bertz CT molecular complexity index is 157. The lowest BCUT2D eigenvalue weighted by molar-refractivity contribution is -0.135. The third-order valence-electron chi connectivity index (χ3n) is 2.05. The zero-order chi connectivity index (χ0) is 10.4. The molecule has 3 nitrogen and oxygen atoms in total. The summed E-state index contributed by atoms with van der Waals surface area (Å²) < 4.78 is 0. The summed E-state index contributed by atoms with van der Waals surface area (Å²) in [7, 11) is 0. The molecule has 78 valence electrons. The van der Waals surface area contributed by atoms with Gasteiger partial charge in [0.15, 0.2) is 0 Å². The molecule has 2 N–H and O–H groups in total. The van der Waals surface area contributed by atoms with Gasteiger partial charge in [0.05, 0.1) is 0 Å². The van der Waals surface area contributed by atoms with E-state index in [-0.39, 0.29) is 11.8 Å². The van der Waals surface area contributed by atoms with E-state index in [4.69, 9.17) is 5.73 Å². The van der Waals surface area contributed by atoms with Crippen LogP contribution in [0.25, 0.3) is 0 Å². The average Bonchev–Trinajstić information content (AvgIpc) is 2.11. The highest BCUT2D eigenvalue weighted by Gasteiger charge is 2.18. The summed E-state index contributed by atoms with van der Waals surface area (Å²) in [5.74, 6) is 0.659. The summed E-state index contributed by atoms with van der Waals surface area (Å²) in [5.41, 5.74) is 5.45. The molecule has 0 rings (SSSR count). The molecule has 0 aromatic rings. The Morgan fingerprint density at radius 2 is 1.92 bits per heavy atom. The van der Waals surface area contributed by atoms with Crippen molar-refractivity contribution < 1.29 is 4.79 Å². The molecule has 0 aliphatic rings. The molecule has 0 aliphatic heterocycles. The lowest BCUT2D eigenvalue weighted by Crippen LogP contribution is -2.39. The second-order valence-electron chi connectivity index (χ2n) is 3.91. The maximum atomic E-state index is 11.7. The van der Waals surface area contributed by atoms with Crippen molar-refractivity contribution in [3.05, 3.63) is 0 Å². The Morgan fingerprint density at radius 3 is 2.23 bits per heavy atom. The maximum absolute atomic E-state index is 11.7. The van der Waals surface area contributed by atoms with Crippen molar-refractivity contribution in [2.75, 3.05) is 19.6 Å². The largest absolute Gasteiger partial charge is 0.342 e. The molecule has 0 bridgehead atoms. The van der Waals surface area contributed by atoms with Gasteiger partial charge in [-0.3, -0.25) is 4.79 Å². The minimum atomic E-state index is -0.0429. The van der Waals surface area contributed by atoms with Crippen molar-refractivity contribution in [2.45, 2.75) is 27.7 Å². The van der Waals surface area contributed by atoms with Crippen molar-refractivity contribution in [2.24, 2.45) is 17.6 Å². The Morgan fingerprint density at radius 1 is 1.38 bits per heavy atom. The standard InChI is InChI=1S/C10H22N2O/c1-5-12(7-8(2)3)10(13)9(4)6-11/h8-9H,5-7,11H2,1-4H3. The molecule has 1 atom stereocenters. The maximum Gasteiger partial charge on any atom is 0.226 e. The molecule has 0 spiro atoms. The van der Waals surface area contributed by atoms with Crippen LogP contribution in [0.4, 0.5) is 0 Å². The Kier molecular flexibility index (Phi) is 5.71. The smallest absolute Gasteiger partial charge is 0.226 e. The van der Waals surface area contributed by atoms with Gasteiger partial charge in [-0.05, 0) is 12.8 Å². The first-order valence-corrected chi connectivity index (χ1v) is 5.01. The van der Waals surface area contributed by atoms with E-state index >= 15 is 0 Å². The molecule has 0 fully saturated rings. The first-order valence-electron chi connectivity index (χ1n) is 5.01. The predicted molar refractivity (Wildman–Crippen MR) is 55.3 cm³/mol. The van der Waals surface area contributed by atoms with Crippen LogP contribution in [0.3, 0.4) is 0 Å². The normalized spacial score (nSPS) is 13.1. The number of rotatable bonds is 5. The van der Waals surface area contributed by atoms with Gasteiger partial charge in [0.1, 0.15) is 0 Å². The summed E-state index contributed by atoms with van der Waals surface area (Å²) in [6, 6.07) is 0. The Labute approximate surface area is 81.3 Å². The first-order chi connectivity index (χ1) is 6.02. The van der Waals surface area contributed by atoms with Crippen LogP contribution in [-0.4, -0.2) is 30.4 Å². The molecule has 1 unspecified atom stereocenters. The van der Waals surface area contributed by atoms with Gasteiger partial charge in [-0.1, -0.05) is 20.8 Å². The van der Waals surface area contributed by atoms with Crippen LogP contribution in [0.2, 0.25) is 0 Å². The van der Waals surface area contributed by atoms with E-state index in [1.54, 1.807) is 0 Å². The molecule has 0 aromatic heterocycles. The fourth-order valence-corrected chi connectivity index (χ4v) is 1.23. The van der Waals surface area contributed by atoms with Crippen LogP contribution in [-0.2, 0) is 4.79 Å². The fourth-order valence-electron chi connectivity index (χ4n) is 1.23. The lowest BCUT2D eigenvalue weighted by atomic mass is 10.1. The van der Waals surface area contributed by atoms with Crippen molar-refractivity contribution in [3.8, 4) is 0 Å². The minimum Gasteiger partial charge on any atom is -0.342 e. The summed E-state index contributed by atoms with van der Waals surface area (Å²) in [6.07, 6.45) is 0. The second-order valence-corrected chi connectivity index (χ2v) is 3.91. The van der Waals surface area contributed by atoms with Crippen molar-refractivity contribution in [3.63, 3.8) is 0 Å². The topological polar surface area (TPSA) is 46.3 Å². The summed E-state index contributed by atoms with van der Waals surface area (Å²) in [4.78, 5) is 13.6. The monoisotopic (exact) mass is 186 g/mol. The minimum absolute atomic E-state index is 0.0429. The van der Waals surface area contributed by atoms with Gasteiger partial charge in [0, 0.05) is 25.6 Å². The van der Waals surface area contributed by atoms with Gasteiger partial charge in [0.25, 0.3) is 0 Å². The number of nitrogens with zero attached hydrogens (tertiary/aromatic N) is 1. The number of amides is 1. The summed E-state index contributed by atoms with van der Waals surface area (Å²) >= 11 is 0. The fraction of sp³-hybridized carbons (Fsp3) is 0.900. The van der Waals surface area contributed by atoms with E-state index < -0.39 is 0 Å². The third kappa shape index (κ3) is 4.27. The molecule has 0 radical (unpaired) electrons. The molecule has 0 heterocycles. The van der Waals surface area contributed by atoms with E-state index in [0.29, 0.717) is 12.5 Å². The second kappa shape index (κ2) is 5.97. The van der Waals surface area contributed by atoms with Crippen LogP contribution in [0.5, 0.6) is 0 Å². The van der Waals surface area contributed by atoms with Crippen LogP contribution in [0.1, 0.15) is 27.7 Å². The van der Waals surface area contributed by atoms with Crippen LogP contribution >= 0.6 is 0 Å². The highest BCUT2D eigenvalue weighted by Crippen LogP contribution is 2.04. The first kappa shape index (κ1) is 12.4. The number of carbonyl (C=O) groups is 1. The summed E-state index contributed by atoms with van der Waals surface area (Å²) in [5, 5.41) is 0. The van der Waals surface area contributed by atoms with Gasteiger partial charge in [0.2, 0.25) is 5.91 Å². The van der Waals surface area contributed by atoms with Crippen LogP contribution in [0, 0.1) is 11.8 Å². The van der Waals surface area contributed by atoms with E-state index in [0.717, 1.165) is 13.1 Å². The molecule has 0 saturated heterocycles. The lowest BCUT2D eigenvalue weighted by Gasteiger charge is -2.25. The highest BCUT2D eigenvalue weighted by molar-refractivity contribution is 5.78.